The quantitative estimate of drug-likeness (QED) is 0.143. The SMILES string of the molecule is CCNC(=O)OCC(COC(=O)NCC)OCCCC(C)=O.CNCCNC(=O)CCN1C(=O)CC(C)C1=O. The van der Waals surface area contributed by atoms with E-state index in [9.17, 15) is 28.8 Å². The molecule has 0 spiro atoms. The lowest BCUT2D eigenvalue weighted by Crippen LogP contribution is -2.36. The molecule has 0 bridgehead atoms. The van der Waals surface area contributed by atoms with E-state index in [0.29, 0.717) is 45.6 Å². The largest absolute Gasteiger partial charge is 0.447 e. The lowest BCUT2D eigenvalue weighted by atomic mass is 10.1. The highest BCUT2D eigenvalue weighted by Crippen LogP contribution is 2.18. The topological polar surface area (TPSA) is 181 Å². The summed E-state index contributed by atoms with van der Waals surface area (Å²) in [6.07, 6.45) is -0.267. The average Bonchev–Trinajstić information content (AvgIpc) is 3.12. The van der Waals surface area contributed by atoms with Gasteiger partial charge in [0.05, 0.1) is 0 Å². The first-order valence-electron chi connectivity index (χ1n) is 13.2. The van der Waals surface area contributed by atoms with Crippen LogP contribution in [0.4, 0.5) is 9.59 Å². The Kier molecular flexibility index (Phi) is 19.8. The Balaban J connectivity index is 0.000000763. The number of nitrogens with one attached hydrogen (secondary N) is 4. The van der Waals surface area contributed by atoms with Gasteiger partial charge in [-0.25, -0.2) is 9.59 Å². The van der Waals surface area contributed by atoms with E-state index in [1.165, 1.54) is 11.8 Å². The zero-order valence-electron chi connectivity index (χ0n) is 23.8. The van der Waals surface area contributed by atoms with Crippen molar-refractivity contribution in [3.8, 4) is 0 Å². The summed E-state index contributed by atoms with van der Waals surface area (Å²) in [6, 6.07) is 0. The molecule has 1 aliphatic rings. The Labute approximate surface area is 230 Å². The van der Waals surface area contributed by atoms with Gasteiger partial charge in [-0.05, 0) is 34.2 Å². The van der Waals surface area contributed by atoms with Gasteiger partial charge in [-0.15, -0.1) is 0 Å². The van der Waals surface area contributed by atoms with Crippen LogP contribution in [0.3, 0.4) is 0 Å². The summed E-state index contributed by atoms with van der Waals surface area (Å²) < 4.78 is 15.4. The first-order chi connectivity index (χ1) is 18.5. The number of likely N-dealkylation sites (N-methyl/N-ethyl adjacent to an activating group) is 1. The van der Waals surface area contributed by atoms with Crippen LogP contribution in [-0.2, 0) is 33.4 Å². The number of ketones is 1. The molecule has 4 N–H and O–H groups in total. The number of imide groups is 1. The standard InChI is InChI=1S/C14H26N2O6.C11H19N3O3/c1-4-15-13(18)21-9-12(10-22-14(19)16-5-2)20-8-6-7-11(3)17;1-8-7-10(16)14(11(8)17)6-3-9(15)13-5-4-12-2/h12H,4-10H2,1-3H3,(H,15,18)(H,16,19);8,12H,3-7H2,1-2H3,(H,13,15). The molecule has 1 unspecified atom stereocenters. The number of carbonyl (C=O) groups is 6. The highest BCUT2D eigenvalue weighted by molar-refractivity contribution is 6.03. The molecular formula is C25H45N5O9. The predicted molar refractivity (Wildman–Crippen MR) is 142 cm³/mol. The minimum atomic E-state index is -0.572. The Morgan fingerprint density at radius 3 is 2.00 bits per heavy atom. The maximum atomic E-state index is 11.6. The molecule has 0 aromatic rings. The summed E-state index contributed by atoms with van der Waals surface area (Å²) in [5.41, 5.74) is 0. The van der Waals surface area contributed by atoms with Crippen LogP contribution in [0.2, 0.25) is 0 Å². The number of Topliss-reactive ketones (excluding diaryl/α,β-unsaturated/α-hetero) is 1. The second kappa shape index (κ2) is 21.6. The van der Waals surface area contributed by atoms with Gasteiger partial charge in [0.1, 0.15) is 25.1 Å². The third kappa shape index (κ3) is 17.8. The van der Waals surface area contributed by atoms with Crippen molar-refractivity contribution in [1.29, 1.82) is 0 Å². The van der Waals surface area contributed by atoms with Crippen molar-refractivity contribution >= 4 is 35.7 Å². The van der Waals surface area contributed by atoms with Crippen LogP contribution in [-0.4, -0.2) is 106 Å². The molecule has 1 saturated heterocycles. The first kappa shape index (κ1) is 35.7. The fraction of sp³-hybridized carbons (Fsp3) is 0.760. The molecule has 1 rings (SSSR count). The number of likely N-dealkylation sites (tertiary alicyclic amines) is 1. The lowest BCUT2D eigenvalue weighted by Gasteiger charge is -2.18. The molecule has 0 aliphatic carbocycles. The first-order valence-corrected chi connectivity index (χ1v) is 13.2. The second-order valence-electron chi connectivity index (χ2n) is 8.75. The summed E-state index contributed by atoms with van der Waals surface area (Å²) in [5, 5.41) is 10.6. The molecule has 1 atom stereocenters. The number of amides is 5. The van der Waals surface area contributed by atoms with Crippen LogP contribution in [0.1, 0.15) is 53.4 Å². The van der Waals surface area contributed by atoms with E-state index in [4.69, 9.17) is 14.2 Å². The van der Waals surface area contributed by atoms with Gasteiger partial charge in [-0.3, -0.25) is 19.3 Å². The maximum Gasteiger partial charge on any atom is 0.407 e. The molecule has 1 heterocycles. The van der Waals surface area contributed by atoms with Gasteiger partial charge in [0.25, 0.3) is 0 Å². The Morgan fingerprint density at radius 2 is 1.54 bits per heavy atom. The van der Waals surface area contributed by atoms with Gasteiger partial charge in [-0.1, -0.05) is 6.92 Å². The van der Waals surface area contributed by atoms with Crippen molar-refractivity contribution in [2.24, 2.45) is 5.92 Å². The van der Waals surface area contributed by atoms with Crippen molar-refractivity contribution in [3.05, 3.63) is 0 Å². The highest BCUT2D eigenvalue weighted by Gasteiger charge is 2.35. The van der Waals surface area contributed by atoms with Gasteiger partial charge < -0.3 is 40.3 Å². The Morgan fingerprint density at radius 1 is 0.949 bits per heavy atom. The van der Waals surface area contributed by atoms with Crippen LogP contribution in [0.15, 0.2) is 0 Å². The Hall–Kier alpha value is -3.26. The molecule has 0 radical (unpaired) electrons. The number of alkyl carbamates (subject to hydrolysis) is 2. The molecule has 14 nitrogen and oxygen atoms in total. The molecule has 0 aromatic heterocycles. The zero-order chi connectivity index (χ0) is 29.6. The van der Waals surface area contributed by atoms with Crippen LogP contribution < -0.4 is 21.3 Å². The molecule has 1 aliphatic heterocycles. The summed E-state index contributed by atoms with van der Waals surface area (Å²) in [5.74, 6) is -0.642. The Bertz CT molecular complexity index is 772. The third-order valence-electron chi connectivity index (χ3n) is 5.20. The molecular weight excluding hydrogens is 514 g/mol. The van der Waals surface area contributed by atoms with E-state index >= 15 is 0 Å². The molecule has 0 saturated carbocycles. The molecule has 1 fully saturated rings. The minimum Gasteiger partial charge on any atom is -0.447 e. The lowest BCUT2D eigenvalue weighted by molar-refractivity contribution is -0.139. The van der Waals surface area contributed by atoms with E-state index < -0.39 is 18.3 Å². The van der Waals surface area contributed by atoms with E-state index in [1.807, 2.05) is 0 Å². The maximum absolute atomic E-state index is 11.6. The van der Waals surface area contributed by atoms with Crippen molar-refractivity contribution < 1.29 is 43.0 Å². The van der Waals surface area contributed by atoms with Crippen molar-refractivity contribution in [1.82, 2.24) is 26.2 Å². The average molecular weight is 560 g/mol. The summed E-state index contributed by atoms with van der Waals surface area (Å²) in [7, 11) is 1.80. The molecule has 39 heavy (non-hydrogen) atoms. The molecule has 14 heteroatoms. The second-order valence-corrected chi connectivity index (χ2v) is 8.75. The van der Waals surface area contributed by atoms with Crippen LogP contribution in [0.5, 0.6) is 0 Å². The van der Waals surface area contributed by atoms with Gasteiger partial charge in [-0.2, -0.15) is 0 Å². The molecule has 5 amide bonds. The number of hydrogen-bond acceptors (Lipinski definition) is 10. The van der Waals surface area contributed by atoms with Crippen LogP contribution in [0.25, 0.3) is 0 Å². The summed E-state index contributed by atoms with van der Waals surface area (Å²) in [6.45, 7) is 9.38. The normalized spacial score (nSPS) is 14.4. The highest BCUT2D eigenvalue weighted by atomic mass is 16.6. The number of hydrogen-bond donors (Lipinski definition) is 4. The van der Waals surface area contributed by atoms with Crippen molar-refractivity contribution in [3.63, 3.8) is 0 Å². The number of nitrogens with zero attached hydrogens (tertiary/aromatic N) is 1. The smallest absolute Gasteiger partial charge is 0.407 e. The predicted octanol–water partition coefficient (Wildman–Crippen LogP) is 0.340. The third-order valence-corrected chi connectivity index (χ3v) is 5.20. The van der Waals surface area contributed by atoms with Crippen LogP contribution in [0, 0.1) is 5.92 Å². The summed E-state index contributed by atoms with van der Waals surface area (Å²) >= 11 is 0. The van der Waals surface area contributed by atoms with Gasteiger partial charge in [0.2, 0.25) is 17.7 Å². The zero-order valence-corrected chi connectivity index (χ0v) is 23.8. The molecule has 0 aromatic carbocycles. The van der Waals surface area contributed by atoms with Crippen molar-refractivity contribution in [2.45, 2.75) is 59.5 Å². The fourth-order valence-corrected chi connectivity index (χ4v) is 3.16. The summed E-state index contributed by atoms with van der Waals surface area (Å²) in [4.78, 5) is 68.9. The van der Waals surface area contributed by atoms with Gasteiger partial charge in [0.15, 0.2) is 0 Å². The van der Waals surface area contributed by atoms with Crippen LogP contribution >= 0.6 is 0 Å². The van der Waals surface area contributed by atoms with E-state index in [1.54, 1.807) is 27.8 Å². The van der Waals surface area contributed by atoms with E-state index in [2.05, 4.69) is 21.3 Å². The van der Waals surface area contributed by atoms with Gasteiger partial charge >= 0.3 is 12.2 Å². The van der Waals surface area contributed by atoms with E-state index in [-0.39, 0.29) is 62.0 Å². The number of carbonyl (C=O) groups excluding carboxylic acids is 6. The van der Waals surface area contributed by atoms with E-state index in [0.717, 1.165) is 0 Å². The monoisotopic (exact) mass is 559 g/mol. The van der Waals surface area contributed by atoms with Gasteiger partial charge in [0, 0.05) is 64.5 Å². The minimum absolute atomic E-state index is 0.0364. The fourth-order valence-electron chi connectivity index (χ4n) is 3.16. The molecule has 224 valence electrons. The number of ether oxygens (including phenoxy) is 3. The number of rotatable bonds is 17. The van der Waals surface area contributed by atoms with Crippen molar-refractivity contribution in [2.75, 3.05) is 59.6 Å².